The number of carbonyl (C=O) groups is 2. The van der Waals surface area contributed by atoms with E-state index in [1.54, 1.807) is 24.3 Å². The molecule has 1 aromatic carbocycles. The van der Waals surface area contributed by atoms with E-state index >= 15 is 0 Å². The zero-order valence-electron chi connectivity index (χ0n) is 12.8. The molecule has 0 unspecified atom stereocenters. The highest BCUT2D eigenvalue weighted by molar-refractivity contribution is 6.01. The SMILES string of the molecule is CNC(=O)/C(C#N)=C\c1ccc(OCc2occc2C(=O)O)cc1. The van der Waals surface area contributed by atoms with Gasteiger partial charge in [-0.25, -0.2) is 4.79 Å². The normalized spacial score (nSPS) is 10.8. The van der Waals surface area contributed by atoms with Crippen LogP contribution < -0.4 is 10.1 Å². The van der Waals surface area contributed by atoms with Gasteiger partial charge in [-0.15, -0.1) is 0 Å². The van der Waals surface area contributed by atoms with Gasteiger partial charge in [-0.2, -0.15) is 5.26 Å². The predicted molar refractivity (Wildman–Crippen MR) is 84.1 cm³/mol. The van der Waals surface area contributed by atoms with E-state index in [9.17, 15) is 9.59 Å². The third-order valence-corrected chi connectivity index (χ3v) is 3.13. The predicted octanol–water partition coefficient (Wildman–Crippen LogP) is 2.21. The molecule has 0 aliphatic heterocycles. The highest BCUT2D eigenvalue weighted by atomic mass is 16.5. The molecule has 0 spiro atoms. The topological polar surface area (TPSA) is 113 Å². The number of amides is 1. The first-order valence-electron chi connectivity index (χ1n) is 6.91. The van der Waals surface area contributed by atoms with Crippen LogP contribution in [0.4, 0.5) is 0 Å². The third kappa shape index (κ3) is 4.01. The molecule has 0 aliphatic rings. The van der Waals surface area contributed by atoms with Gasteiger partial charge in [0.05, 0.1) is 6.26 Å². The van der Waals surface area contributed by atoms with Crippen molar-refractivity contribution in [3.8, 4) is 11.8 Å². The van der Waals surface area contributed by atoms with Gasteiger partial charge in [0.15, 0.2) is 5.76 Å². The number of hydrogen-bond acceptors (Lipinski definition) is 5. The lowest BCUT2D eigenvalue weighted by Gasteiger charge is -2.05. The van der Waals surface area contributed by atoms with Crippen LogP contribution in [0.2, 0.25) is 0 Å². The van der Waals surface area contributed by atoms with Crippen molar-refractivity contribution in [3.05, 3.63) is 59.1 Å². The van der Waals surface area contributed by atoms with E-state index in [-0.39, 0.29) is 23.5 Å². The summed E-state index contributed by atoms with van der Waals surface area (Å²) in [5.74, 6) is -0.825. The smallest absolute Gasteiger partial charge is 0.339 e. The summed E-state index contributed by atoms with van der Waals surface area (Å²) >= 11 is 0. The molecule has 24 heavy (non-hydrogen) atoms. The fourth-order valence-corrected chi connectivity index (χ4v) is 1.90. The maximum absolute atomic E-state index is 11.5. The number of carboxylic acids is 1. The fourth-order valence-electron chi connectivity index (χ4n) is 1.90. The Kier molecular flexibility index (Phi) is 5.36. The van der Waals surface area contributed by atoms with Crippen molar-refractivity contribution in [1.82, 2.24) is 5.32 Å². The van der Waals surface area contributed by atoms with E-state index in [0.29, 0.717) is 11.3 Å². The van der Waals surface area contributed by atoms with Crippen LogP contribution in [0, 0.1) is 11.3 Å². The lowest BCUT2D eigenvalue weighted by atomic mass is 10.1. The average Bonchev–Trinajstić information content (AvgIpc) is 3.07. The number of nitrogens with zero attached hydrogens (tertiary/aromatic N) is 1. The number of carbonyl (C=O) groups excluding carboxylic acids is 1. The van der Waals surface area contributed by atoms with Crippen LogP contribution in [0.1, 0.15) is 21.7 Å². The van der Waals surface area contributed by atoms with Crippen LogP contribution in [0.25, 0.3) is 6.08 Å². The van der Waals surface area contributed by atoms with Gasteiger partial charge in [0, 0.05) is 7.05 Å². The monoisotopic (exact) mass is 326 g/mol. The molecule has 7 heteroatoms. The summed E-state index contributed by atoms with van der Waals surface area (Å²) in [5, 5.41) is 20.3. The second-order valence-electron chi connectivity index (χ2n) is 4.67. The molecule has 1 amide bonds. The van der Waals surface area contributed by atoms with Gasteiger partial charge >= 0.3 is 5.97 Å². The highest BCUT2D eigenvalue weighted by Gasteiger charge is 2.13. The molecular weight excluding hydrogens is 312 g/mol. The van der Waals surface area contributed by atoms with E-state index in [1.807, 2.05) is 6.07 Å². The molecule has 0 atom stereocenters. The second kappa shape index (κ2) is 7.65. The molecule has 2 rings (SSSR count). The van der Waals surface area contributed by atoms with E-state index < -0.39 is 11.9 Å². The lowest BCUT2D eigenvalue weighted by molar-refractivity contribution is -0.116. The molecular formula is C17H14N2O5. The van der Waals surface area contributed by atoms with Crippen LogP contribution >= 0.6 is 0 Å². The minimum atomic E-state index is -1.08. The molecule has 0 bridgehead atoms. The largest absolute Gasteiger partial charge is 0.486 e. The van der Waals surface area contributed by atoms with Crippen LogP contribution in [0.3, 0.4) is 0 Å². The Morgan fingerprint density at radius 2 is 2.04 bits per heavy atom. The quantitative estimate of drug-likeness (QED) is 0.621. The van der Waals surface area contributed by atoms with Crippen molar-refractivity contribution in [2.75, 3.05) is 7.05 Å². The molecule has 1 heterocycles. The number of hydrogen-bond donors (Lipinski definition) is 2. The van der Waals surface area contributed by atoms with Gasteiger partial charge in [-0.05, 0) is 29.8 Å². The van der Waals surface area contributed by atoms with Gasteiger partial charge < -0.3 is 19.6 Å². The van der Waals surface area contributed by atoms with Crippen molar-refractivity contribution < 1.29 is 23.8 Å². The van der Waals surface area contributed by atoms with E-state index in [0.717, 1.165) is 0 Å². The zero-order chi connectivity index (χ0) is 17.5. The number of carboxylic acid groups (broad SMARTS) is 1. The van der Waals surface area contributed by atoms with Gasteiger partial charge in [0.2, 0.25) is 0 Å². The molecule has 0 saturated carbocycles. The second-order valence-corrected chi connectivity index (χ2v) is 4.67. The van der Waals surface area contributed by atoms with Gasteiger partial charge in [0.25, 0.3) is 5.91 Å². The third-order valence-electron chi connectivity index (χ3n) is 3.13. The van der Waals surface area contributed by atoms with Crippen LogP contribution in [0.15, 0.2) is 46.6 Å². The summed E-state index contributed by atoms with van der Waals surface area (Å²) in [6.07, 6.45) is 2.75. The number of ether oxygens (including phenoxy) is 1. The average molecular weight is 326 g/mol. The Hall–Kier alpha value is -3.53. The van der Waals surface area contributed by atoms with Crippen molar-refractivity contribution in [2.24, 2.45) is 0 Å². The van der Waals surface area contributed by atoms with Crippen molar-refractivity contribution in [2.45, 2.75) is 6.61 Å². The summed E-state index contributed by atoms with van der Waals surface area (Å²) in [5.41, 5.74) is 0.707. The van der Waals surface area contributed by atoms with Gasteiger partial charge in [0.1, 0.15) is 29.6 Å². The Morgan fingerprint density at radius 1 is 1.33 bits per heavy atom. The standard InChI is InChI=1S/C17H14N2O5/c1-19-16(20)12(9-18)8-11-2-4-13(5-3-11)24-10-15-14(17(21)22)6-7-23-15/h2-8H,10H2,1H3,(H,19,20)(H,21,22)/b12-8-. The number of nitriles is 1. The minimum Gasteiger partial charge on any atom is -0.486 e. The molecule has 0 radical (unpaired) electrons. The van der Waals surface area contributed by atoms with Gasteiger partial charge in [-0.3, -0.25) is 4.79 Å². The Balaban J connectivity index is 2.06. The molecule has 0 fully saturated rings. The number of aromatic carboxylic acids is 1. The fraction of sp³-hybridized carbons (Fsp3) is 0.118. The van der Waals surface area contributed by atoms with E-state index in [2.05, 4.69) is 5.32 Å². The number of benzene rings is 1. The summed E-state index contributed by atoms with van der Waals surface area (Å²) in [7, 11) is 1.45. The molecule has 2 aromatic rings. The summed E-state index contributed by atoms with van der Waals surface area (Å²) in [6, 6.07) is 9.83. The number of likely N-dealkylation sites (N-methyl/N-ethyl adjacent to an activating group) is 1. The maximum Gasteiger partial charge on any atom is 0.339 e. The van der Waals surface area contributed by atoms with Crippen molar-refractivity contribution >= 4 is 18.0 Å². The van der Waals surface area contributed by atoms with Crippen LogP contribution in [0.5, 0.6) is 5.75 Å². The highest BCUT2D eigenvalue weighted by Crippen LogP contribution is 2.18. The first kappa shape index (κ1) is 16.8. The Labute approximate surface area is 137 Å². The first-order valence-corrected chi connectivity index (χ1v) is 6.91. The maximum atomic E-state index is 11.5. The van der Waals surface area contributed by atoms with Crippen LogP contribution in [-0.4, -0.2) is 24.0 Å². The van der Waals surface area contributed by atoms with Crippen molar-refractivity contribution in [3.63, 3.8) is 0 Å². The van der Waals surface area contributed by atoms with Crippen LogP contribution in [-0.2, 0) is 11.4 Å². The molecule has 0 aliphatic carbocycles. The molecule has 7 nitrogen and oxygen atoms in total. The molecule has 1 aromatic heterocycles. The summed E-state index contributed by atoms with van der Waals surface area (Å²) < 4.78 is 10.6. The van der Waals surface area contributed by atoms with Crippen molar-refractivity contribution in [1.29, 1.82) is 5.26 Å². The summed E-state index contributed by atoms with van der Waals surface area (Å²) in [4.78, 5) is 22.4. The number of nitrogens with one attached hydrogen (secondary N) is 1. The molecule has 2 N–H and O–H groups in total. The van der Waals surface area contributed by atoms with Gasteiger partial charge in [-0.1, -0.05) is 12.1 Å². The molecule has 122 valence electrons. The number of furan rings is 1. The van der Waals surface area contributed by atoms with E-state index in [1.165, 1.54) is 25.5 Å². The summed E-state index contributed by atoms with van der Waals surface area (Å²) in [6.45, 7) is -0.0223. The number of rotatable bonds is 6. The Morgan fingerprint density at radius 3 is 2.62 bits per heavy atom. The molecule has 0 saturated heterocycles. The zero-order valence-corrected chi connectivity index (χ0v) is 12.8. The first-order chi connectivity index (χ1) is 11.5. The minimum absolute atomic E-state index is 0.00662. The lowest BCUT2D eigenvalue weighted by Crippen LogP contribution is -2.19. The Bertz CT molecular complexity index is 812. The van der Waals surface area contributed by atoms with E-state index in [4.69, 9.17) is 19.5 Å².